The summed E-state index contributed by atoms with van der Waals surface area (Å²) in [6.07, 6.45) is 2.33. The molecule has 0 unspecified atom stereocenters. The van der Waals surface area contributed by atoms with Crippen LogP contribution in [0.4, 0.5) is 0 Å². The highest BCUT2D eigenvalue weighted by molar-refractivity contribution is 4.58. The molecule has 1 atom stereocenters. The third-order valence-corrected chi connectivity index (χ3v) is 1.25. The standard InChI is InChI=1S/C6H13N3O/c1-2-3-4-6(10)5-8-9-7/h6,10H,2-5H2,1H3/t6-/m0/s1. The Hall–Kier alpha value is -0.730. The lowest BCUT2D eigenvalue weighted by atomic mass is 10.2. The molecule has 0 rings (SSSR count). The van der Waals surface area contributed by atoms with Crippen LogP contribution in [0.2, 0.25) is 0 Å². The highest BCUT2D eigenvalue weighted by Gasteiger charge is 1.99. The molecule has 4 nitrogen and oxygen atoms in total. The van der Waals surface area contributed by atoms with Crippen LogP contribution in [0.15, 0.2) is 5.11 Å². The molecule has 0 radical (unpaired) electrons. The minimum absolute atomic E-state index is 0.205. The van der Waals surface area contributed by atoms with Crippen molar-refractivity contribution in [3.05, 3.63) is 10.4 Å². The number of aliphatic hydroxyl groups is 1. The van der Waals surface area contributed by atoms with Crippen LogP contribution in [0.3, 0.4) is 0 Å². The van der Waals surface area contributed by atoms with E-state index in [1.54, 1.807) is 0 Å². The second kappa shape index (κ2) is 6.39. The SMILES string of the molecule is CCCC[C@H](O)CN=[N+]=[N-]. The summed E-state index contributed by atoms with van der Waals surface area (Å²) >= 11 is 0. The predicted octanol–water partition coefficient (Wildman–Crippen LogP) is 1.85. The van der Waals surface area contributed by atoms with E-state index in [1.807, 2.05) is 0 Å². The molecule has 0 aromatic rings. The van der Waals surface area contributed by atoms with Crippen LogP contribution in [0.25, 0.3) is 10.4 Å². The van der Waals surface area contributed by atoms with E-state index in [2.05, 4.69) is 16.9 Å². The predicted molar refractivity (Wildman–Crippen MR) is 39.5 cm³/mol. The van der Waals surface area contributed by atoms with Crippen molar-refractivity contribution in [1.82, 2.24) is 0 Å². The number of rotatable bonds is 5. The van der Waals surface area contributed by atoms with Gasteiger partial charge in [0.25, 0.3) is 0 Å². The van der Waals surface area contributed by atoms with Crippen LogP contribution in [0.1, 0.15) is 26.2 Å². The first-order valence-electron chi connectivity index (χ1n) is 3.50. The van der Waals surface area contributed by atoms with Crippen molar-refractivity contribution in [2.45, 2.75) is 32.3 Å². The van der Waals surface area contributed by atoms with E-state index in [1.165, 1.54) is 0 Å². The van der Waals surface area contributed by atoms with E-state index in [0.29, 0.717) is 0 Å². The first-order chi connectivity index (χ1) is 4.81. The van der Waals surface area contributed by atoms with Crippen molar-refractivity contribution in [2.24, 2.45) is 5.11 Å². The zero-order chi connectivity index (χ0) is 7.82. The molecule has 0 aromatic carbocycles. The summed E-state index contributed by atoms with van der Waals surface area (Å²) in [7, 11) is 0. The van der Waals surface area contributed by atoms with Gasteiger partial charge in [0, 0.05) is 4.91 Å². The Labute approximate surface area is 60.5 Å². The monoisotopic (exact) mass is 143 g/mol. The summed E-state index contributed by atoms with van der Waals surface area (Å²) in [4.78, 5) is 2.55. The van der Waals surface area contributed by atoms with Gasteiger partial charge in [-0.05, 0) is 12.0 Å². The van der Waals surface area contributed by atoms with Crippen molar-refractivity contribution >= 4 is 0 Å². The maximum atomic E-state index is 9.05. The molecule has 58 valence electrons. The van der Waals surface area contributed by atoms with Crippen LogP contribution in [0, 0.1) is 0 Å². The molecule has 0 amide bonds. The number of hydrogen-bond donors (Lipinski definition) is 1. The van der Waals surface area contributed by atoms with E-state index < -0.39 is 6.10 Å². The minimum Gasteiger partial charge on any atom is -0.393 e. The summed E-state index contributed by atoms with van der Waals surface area (Å²) in [5.74, 6) is 0. The van der Waals surface area contributed by atoms with Crippen molar-refractivity contribution in [3.8, 4) is 0 Å². The lowest BCUT2D eigenvalue weighted by molar-refractivity contribution is 0.169. The van der Waals surface area contributed by atoms with Crippen molar-refractivity contribution in [2.75, 3.05) is 6.54 Å². The van der Waals surface area contributed by atoms with Crippen molar-refractivity contribution < 1.29 is 5.11 Å². The van der Waals surface area contributed by atoms with Gasteiger partial charge >= 0.3 is 0 Å². The number of azide groups is 1. The summed E-state index contributed by atoms with van der Waals surface area (Å²) in [6, 6.07) is 0. The topological polar surface area (TPSA) is 69.0 Å². The Bertz CT molecular complexity index is 120. The van der Waals surface area contributed by atoms with Gasteiger partial charge in [-0.3, -0.25) is 0 Å². The van der Waals surface area contributed by atoms with Crippen LogP contribution in [-0.2, 0) is 0 Å². The van der Waals surface area contributed by atoms with Gasteiger partial charge in [-0.1, -0.05) is 24.9 Å². The molecule has 0 heterocycles. The maximum Gasteiger partial charge on any atom is 0.0596 e. The van der Waals surface area contributed by atoms with E-state index in [9.17, 15) is 0 Å². The number of hydrogen-bond acceptors (Lipinski definition) is 2. The second-order valence-electron chi connectivity index (χ2n) is 2.21. The smallest absolute Gasteiger partial charge is 0.0596 e. The number of unbranched alkanes of at least 4 members (excludes halogenated alkanes) is 1. The fourth-order valence-corrected chi connectivity index (χ4v) is 0.662. The summed E-state index contributed by atoms with van der Waals surface area (Å²) in [5.41, 5.74) is 7.89. The summed E-state index contributed by atoms with van der Waals surface area (Å²) in [5, 5.41) is 12.3. The Balaban J connectivity index is 3.24. The molecule has 0 aromatic heterocycles. The van der Waals surface area contributed by atoms with Crippen LogP contribution >= 0.6 is 0 Å². The van der Waals surface area contributed by atoms with Gasteiger partial charge in [0.15, 0.2) is 0 Å². The fraction of sp³-hybridized carbons (Fsp3) is 1.00. The molecule has 0 aliphatic rings. The molecular weight excluding hydrogens is 130 g/mol. The number of aliphatic hydroxyl groups excluding tert-OH is 1. The van der Waals surface area contributed by atoms with Crippen molar-refractivity contribution in [3.63, 3.8) is 0 Å². The van der Waals surface area contributed by atoms with Gasteiger partial charge in [-0.2, -0.15) is 0 Å². The molecule has 0 aliphatic carbocycles. The highest BCUT2D eigenvalue weighted by Crippen LogP contribution is 1.99. The van der Waals surface area contributed by atoms with Gasteiger partial charge < -0.3 is 5.11 Å². The van der Waals surface area contributed by atoms with Gasteiger partial charge in [-0.15, -0.1) is 0 Å². The Kier molecular flexibility index (Phi) is 5.92. The molecule has 10 heavy (non-hydrogen) atoms. The van der Waals surface area contributed by atoms with Crippen LogP contribution in [-0.4, -0.2) is 17.8 Å². The molecular formula is C6H13N3O. The third kappa shape index (κ3) is 5.41. The zero-order valence-electron chi connectivity index (χ0n) is 6.19. The van der Waals surface area contributed by atoms with E-state index in [-0.39, 0.29) is 6.54 Å². The Morgan fingerprint density at radius 1 is 1.70 bits per heavy atom. The zero-order valence-corrected chi connectivity index (χ0v) is 6.19. The molecule has 0 fully saturated rings. The van der Waals surface area contributed by atoms with Crippen LogP contribution < -0.4 is 0 Å². The molecule has 0 saturated carbocycles. The van der Waals surface area contributed by atoms with Crippen LogP contribution in [0.5, 0.6) is 0 Å². The Morgan fingerprint density at radius 2 is 2.40 bits per heavy atom. The number of nitrogens with zero attached hydrogens (tertiary/aromatic N) is 3. The molecule has 4 heteroatoms. The molecule has 0 bridgehead atoms. The van der Waals surface area contributed by atoms with Crippen molar-refractivity contribution in [1.29, 1.82) is 0 Å². The molecule has 0 aliphatic heterocycles. The lowest BCUT2D eigenvalue weighted by Crippen LogP contribution is -2.09. The summed E-state index contributed by atoms with van der Waals surface area (Å²) in [6.45, 7) is 2.26. The molecule has 0 spiro atoms. The average Bonchev–Trinajstić information content (AvgIpc) is 1.97. The van der Waals surface area contributed by atoms with E-state index >= 15 is 0 Å². The van der Waals surface area contributed by atoms with E-state index in [4.69, 9.17) is 10.6 Å². The fourth-order valence-electron chi connectivity index (χ4n) is 0.662. The lowest BCUT2D eigenvalue weighted by Gasteiger charge is -2.03. The van der Waals surface area contributed by atoms with E-state index in [0.717, 1.165) is 19.3 Å². The van der Waals surface area contributed by atoms with Gasteiger partial charge in [-0.25, -0.2) is 0 Å². The minimum atomic E-state index is -0.448. The molecule has 1 N–H and O–H groups in total. The van der Waals surface area contributed by atoms with Gasteiger partial charge in [0.2, 0.25) is 0 Å². The molecule has 0 saturated heterocycles. The maximum absolute atomic E-state index is 9.05. The quantitative estimate of drug-likeness (QED) is 0.356. The Morgan fingerprint density at radius 3 is 2.90 bits per heavy atom. The average molecular weight is 143 g/mol. The van der Waals surface area contributed by atoms with Gasteiger partial charge in [0.1, 0.15) is 0 Å². The largest absolute Gasteiger partial charge is 0.393 e. The van der Waals surface area contributed by atoms with Gasteiger partial charge in [0.05, 0.1) is 12.6 Å². The highest BCUT2D eigenvalue weighted by atomic mass is 16.3. The first-order valence-corrected chi connectivity index (χ1v) is 3.50. The first kappa shape index (κ1) is 9.27. The third-order valence-electron chi connectivity index (χ3n) is 1.25. The summed E-state index contributed by atoms with van der Waals surface area (Å²) < 4.78 is 0. The normalized spacial score (nSPS) is 12.2. The second-order valence-corrected chi connectivity index (χ2v) is 2.21.